The Kier molecular flexibility index (Phi) is 10.9. The number of esters is 1. The Morgan fingerprint density at radius 3 is 1.92 bits per heavy atom. The second kappa shape index (κ2) is 14.2. The molecule has 0 aliphatic heterocycles. The van der Waals surface area contributed by atoms with Crippen LogP contribution in [0.25, 0.3) is 0 Å². The highest BCUT2D eigenvalue weighted by molar-refractivity contribution is 5.98. The highest BCUT2D eigenvalue weighted by Crippen LogP contribution is 2.43. The van der Waals surface area contributed by atoms with Crippen LogP contribution >= 0.6 is 0 Å². The number of carbonyl (C=O) groups excluding carboxylic acids is 2. The van der Waals surface area contributed by atoms with Gasteiger partial charge in [0.2, 0.25) is 0 Å². The molecule has 0 spiro atoms. The largest absolute Gasteiger partial charge is 0.423 e. The molecule has 0 bridgehead atoms. The van der Waals surface area contributed by atoms with Gasteiger partial charge in [-0.05, 0) is 106 Å². The lowest BCUT2D eigenvalue weighted by atomic mass is 9.68. The second-order valence-electron chi connectivity index (χ2n) is 12.7. The first-order chi connectivity index (χ1) is 18.8. The maximum absolute atomic E-state index is 15.2. The summed E-state index contributed by atoms with van der Waals surface area (Å²) in [7, 11) is 0. The molecule has 1 aromatic carbocycles. The molecule has 1 aromatic rings. The van der Waals surface area contributed by atoms with E-state index >= 15 is 4.39 Å². The first kappa shape index (κ1) is 30.1. The molecule has 0 radical (unpaired) electrons. The van der Waals surface area contributed by atoms with Crippen LogP contribution in [0.4, 0.5) is 13.2 Å². The monoisotopic (exact) mass is 548 g/mol. The SMILES string of the molecule is CCCC1CCC(C(=O)Oc2ccc(C(=O)CC3CCC(C4CCC(CC)CC4)CC3)c(C(F)F)c2F)CC1. The molecule has 0 aromatic heterocycles. The minimum Gasteiger partial charge on any atom is -0.423 e. The zero-order valence-electron chi connectivity index (χ0n) is 23.9. The Hall–Kier alpha value is -1.85. The third kappa shape index (κ3) is 7.67. The van der Waals surface area contributed by atoms with E-state index in [0.29, 0.717) is 24.7 Å². The van der Waals surface area contributed by atoms with Crippen molar-refractivity contribution in [1.29, 1.82) is 0 Å². The molecule has 3 fully saturated rings. The fourth-order valence-corrected chi connectivity index (χ4v) is 7.70. The van der Waals surface area contributed by atoms with Crippen molar-refractivity contribution >= 4 is 11.8 Å². The molecular weight excluding hydrogens is 501 g/mol. The lowest BCUT2D eigenvalue weighted by molar-refractivity contribution is -0.140. The van der Waals surface area contributed by atoms with Crippen LogP contribution in [0.1, 0.15) is 139 Å². The molecule has 4 rings (SSSR count). The third-order valence-electron chi connectivity index (χ3n) is 10.3. The predicted octanol–water partition coefficient (Wildman–Crippen LogP) is 9.87. The first-order valence-corrected chi connectivity index (χ1v) is 15.7. The number of ether oxygens (including phenoxy) is 1. The normalized spacial score (nSPS) is 29.8. The lowest BCUT2D eigenvalue weighted by Crippen LogP contribution is -2.27. The van der Waals surface area contributed by atoms with E-state index in [4.69, 9.17) is 4.74 Å². The topological polar surface area (TPSA) is 43.4 Å². The van der Waals surface area contributed by atoms with E-state index in [0.717, 1.165) is 63.2 Å². The quantitative estimate of drug-likeness (QED) is 0.166. The van der Waals surface area contributed by atoms with E-state index in [2.05, 4.69) is 13.8 Å². The zero-order chi connectivity index (χ0) is 27.9. The van der Waals surface area contributed by atoms with Crippen LogP contribution in [0.15, 0.2) is 12.1 Å². The van der Waals surface area contributed by atoms with Gasteiger partial charge < -0.3 is 4.74 Å². The average molecular weight is 549 g/mol. The number of hydrogen-bond donors (Lipinski definition) is 0. The molecule has 39 heavy (non-hydrogen) atoms. The molecule has 0 saturated heterocycles. The molecule has 0 unspecified atom stereocenters. The van der Waals surface area contributed by atoms with Crippen LogP contribution in [-0.2, 0) is 4.79 Å². The Balaban J connectivity index is 1.33. The van der Waals surface area contributed by atoms with E-state index in [1.165, 1.54) is 44.2 Å². The summed E-state index contributed by atoms with van der Waals surface area (Å²) < 4.78 is 48.5. The van der Waals surface area contributed by atoms with Gasteiger partial charge >= 0.3 is 5.97 Å². The Bertz CT molecular complexity index is 953. The Morgan fingerprint density at radius 1 is 0.821 bits per heavy atom. The average Bonchev–Trinajstić information content (AvgIpc) is 2.94. The fourth-order valence-electron chi connectivity index (χ4n) is 7.70. The second-order valence-corrected chi connectivity index (χ2v) is 12.7. The number of rotatable bonds is 10. The van der Waals surface area contributed by atoms with Crippen molar-refractivity contribution in [2.24, 2.45) is 35.5 Å². The van der Waals surface area contributed by atoms with E-state index in [-0.39, 0.29) is 23.8 Å². The van der Waals surface area contributed by atoms with Crippen LogP contribution in [0.5, 0.6) is 5.75 Å². The van der Waals surface area contributed by atoms with E-state index in [9.17, 15) is 18.4 Å². The summed E-state index contributed by atoms with van der Waals surface area (Å²) in [6.07, 6.45) is 13.0. The summed E-state index contributed by atoms with van der Waals surface area (Å²) in [5.41, 5.74) is -1.21. The van der Waals surface area contributed by atoms with Gasteiger partial charge in [0.05, 0.1) is 11.5 Å². The smallest absolute Gasteiger partial charge is 0.314 e. The maximum atomic E-state index is 15.2. The molecule has 3 saturated carbocycles. The lowest BCUT2D eigenvalue weighted by Gasteiger charge is -2.37. The standard InChI is InChI=1S/C33H47F3O3/c1-3-5-22-8-16-26(17-9-22)33(38)39-29-19-18-27(30(31(29)34)32(35)36)28(37)20-23-10-14-25(15-11-23)24-12-6-21(4-2)7-13-24/h18-19,21-26,32H,3-17,20H2,1-2H3. The van der Waals surface area contributed by atoms with E-state index < -0.39 is 35.3 Å². The van der Waals surface area contributed by atoms with Gasteiger partial charge in [-0.1, -0.05) is 46.0 Å². The number of carbonyl (C=O) groups is 2. The first-order valence-electron chi connectivity index (χ1n) is 15.7. The van der Waals surface area contributed by atoms with Gasteiger partial charge in [-0.15, -0.1) is 0 Å². The molecule has 218 valence electrons. The molecule has 0 amide bonds. The van der Waals surface area contributed by atoms with Gasteiger partial charge in [0.1, 0.15) is 0 Å². The van der Waals surface area contributed by atoms with Gasteiger partial charge in [0, 0.05) is 12.0 Å². The summed E-state index contributed by atoms with van der Waals surface area (Å²) in [4.78, 5) is 25.8. The minimum absolute atomic E-state index is 0.148. The van der Waals surface area contributed by atoms with Crippen molar-refractivity contribution in [3.05, 3.63) is 29.1 Å². The van der Waals surface area contributed by atoms with Crippen molar-refractivity contribution < 1.29 is 27.5 Å². The summed E-state index contributed by atoms with van der Waals surface area (Å²) in [5, 5.41) is 0. The Labute approximate surface area is 232 Å². The molecule has 3 nitrogen and oxygen atoms in total. The van der Waals surface area contributed by atoms with E-state index in [1.54, 1.807) is 0 Å². The number of alkyl halides is 2. The van der Waals surface area contributed by atoms with Gasteiger partial charge in [-0.25, -0.2) is 13.2 Å². The van der Waals surface area contributed by atoms with Crippen molar-refractivity contribution in [3.63, 3.8) is 0 Å². The number of halogens is 3. The van der Waals surface area contributed by atoms with Crippen molar-refractivity contribution in [2.75, 3.05) is 0 Å². The fraction of sp³-hybridized carbons (Fsp3) is 0.758. The molecular formula is C33H47F3O3. The van der Waals surface area contributed by atoms with Crippen molar-refractivity contribution in [2.45, 2.75) is 123 Å². The van der Waals surface area contributed by atoms with Gasteiger partial charge in [0.25, 0.3) is 6.43 Å². The molecule has 0 heterocycles. The third-order valence-corrected chi connectivity index (χ3v) is 10.3. The number of benzene rings is 1. The highest BCUT2D eigenvalue weighted by Gasteiger charge is 2.33. The summed E-state index contributed by atoms with van der Waals surface area (Å²) in [6.45, 7) is 4.42. The van der Waals surface area contributed by atoms with Crippen molar-refractivity contribution in [1.82, 2.24) is 0 Å². The minimum atomic E-state index is -3.17. The van der Waals surface area contributed by atoms with E-state index in [1.807, 2.05) is 0 Å². The maximum Gasteiger partial charge on any atom is 0.314 e. The molecule has 3 aliphatic rings. The van der Waals surface area contributed by atoms with Crippen LogP contribution in [0.2, 0.25) is 0 Å². The molecule has 3 aliphatic carbocycles. The van der Waals surface area contributed by atoms with Crippen LogP contribution in [-0.4, -0.2) is 11.8 Å². The predicted molar refractivity (Wildman–Crippen MR) is 147 cm³/mol. The van der Waals surface area contributed by atoms with Crippen LogP contribution in [0.3, 0.4) is 0 Å². The van der Waals surface area contributed by atoms with Gasteiger partial charge in [-0.2, -0.15) is 0 Å². The molecule has 0 N–H and O–H groups in total. The summed E-state index contributed by atoms with van der Waals surface area (Å²) in [6, 6.07) is 2.41. The van der Waals surface area contributed by atoms with Gasteiger partial charge in [0.15, 0.2) is 17.3 Å². The Morgan fingerprint density at radius 2 is 1.38 bits per heavy atom. The number of ketones is 1. The number of hydrogen-bond acceptors (Lipinski definition) is 3. The highest BCUT2D eigenvalue weighted by atomic mass is 19.3. The van der Waals surface area contributed by atoms with Crippen LogP contribution in [0, 0.1) is 41.3 Å². The summed E-state index contributed by atoms with van der Waals surface area (Å²) in [5.74, 6) is -0.0188. The molecule has 0 atom stereocenters. The van der Waals surface area contributed by atoms with Gasteiger partial charge in [-0.3, -0.25) is 9.59 Å². The van der Waals surface area contributed by atoms with Crippen LogP contribution < -0.4 is 4.74 Å². The summed E-state index contributed by atoms with van der Waals surface area (Å²) >= 11 is 0. The zero-order valence-corrected chi connectivity index (χ0v) is 23.9. The van der Waals surface area contributed by atoms with Crippen molar-refractivity contribution in [3.8, 4) is 5.75 Å². The number of Topliss-reactive ketones (excluding diaryl/α,β-unsaturated/α-hetero) is 1. The molecule has 6 heteroatoms.